The summed E-state index contributed by atoms with van der Waals surface area (Å²) >= 11 is 0. The summed E-state index contributed by atoms with van der Waals surface area (Å²) in [5.74, 6) is 0. The first kappa shape index (κ1) is 11.0. The summed E-state index contributed by atoms with van der Waals surface area (Å²) < 4.78 is 0. The van der Waals surface area contributed by atoms with Gasteiger partial charge in [-0.2, -0.15) is 0 Å². The van der Waals surface area contributed by atoms with E-state index in [9.17, 15) is 0 Å². The zero-order valence-corrected chi connectivity index (χ0v) is 9.12. The maximum atomic E-state index is 6.03. The fraction of sp³-hybridized carbons (Fsp3) is 0.545. The van der Waals surface area contributed by atoms with E-state index in [-0.39, 0.29) is 11.5 Å². The number of pyridine rings is 1. The maximum absolute atomic E-state index is 6.03. The smallest absolute Gasteiger partial charge is 0.0572 e. The zero-order valence-electron chi connectivity index (χ0n) is 9.12. The van der Waals surface area contributed by atoms with Crippen LogP contribution in [-0.2, 0) is 0 Å². The molecule has 0 radical (unpaired) electrons. The van der Waals surface area contributed by atoms with Gasteiger partial charge in [0.05, 0.1) is 17.6 Å². The second-order valence-corrected chi connectivity index (χ2v) is 4.89. The number of hydrogen-bond acceptors (Lipinski definition) is 3. The Morgan fingerprint density at radius 3 is 2.43 bits per heavy atom. The van der Waals surface area contributed by atoms with Crippen LogP contribution in [0.4, 0.5) is 5.69 Å². The molecule has 0 aliphatic rings. The van der Waals surface area contributed by atoms with E-state index in [1.165, 1.54) is 0 Å². The minimum atomic E-state index is -0.00407. The summed E-state index contributed by atoms with van der Waals surface area (Å²) in [6.07, 6.45) is 2.57. The third-order valence-corrected chi connectivity index (χ3v) is 2.02. The van der Waals surface area contributed by atoms with E-state index in [0.29, 0.717) is 5.69 Å². The van der Waals surface area contributed by atoms with Crippen molar-refractivity contribution in [3.8, 4) is 0 Å². The molecule has 1 aromatic heterocycles. The van der Waals surface area contributed by atoms with Crippen molar-refractivity contribution in [1.82, 2.24) is 4.98 Å². The number of hydrogen-bond donors (Lipinski definition) is 2. The highest BCUT2D eigenvalue weighted by molar-refractivity contribution is 5.35. The Hall–Kier alpha value is -1.09. The third kappa shape index (κ3) is 3.34. The molecule has 78 valence electrons. The van der Waals surface area contributed by atoms with Gasteiger partial charge in [-0.05, 0) is 24.0 Å². The second kappa shape index (κ2) is 3.96. The van der Waals surface area contributed by atoms with E-state index >= 15 is 0 Å². The van der Waals surface area contributed by atoms with Crippen LogP contribution < -0.4 is 11.5 Å². The van der Waals surface area contributed by atoms with Gasteiger partial charge in [0.15, 0.2) is 0 Å². The van der Waals surface area contributed by atoms with Gasteiger partial charge in [0.25, 0.3) is 0 Å². The standard InChI is InChI=1S/C11H19N3/c1-11(2,3)6-9(13)10-5-4-8(12)7-14-10/h4-5,7,9H,6,12-13H2,1-3H3/t9-/m0/s1. The summed E-state index contributed by atoms with van der Waals surface area (Å²) in [4.78, 5) is 4.21. The molecule has 1 heterocycles. The van der Waals surface area contributed by atoms with Crippen molar-refractivity contribution in [2.45, 2.75) is 33.2 Å². The molecule has 3 heteroatoms. The first-order chi connectivity index (χ1) is 6.38. The molecular weight excluding hydrogens is 174 g/mol. The van der Waals surface area contributed by atoms with Crippen LogP contribution in [0.3, 0.4) is 0 Å². The molecule has 0 spiro atoms. The fourth-order valence-electron chi connectivity index (χ4n) is 1.40. The van der Waals surface area contributed by atoms with Crippen LogP contribution in [0.1, 0.15) is 38.9 Å². The van der Waals surface area contributed by atoms with Crippen molar-refractivity contribution in [2.24, 2.45) is 11.1 Å². The molecule has 0 aromatic carbocycles. The first-order valence-corrected chi connectivity index (χ1v) is 4.85. The van der Waals surface area contributed by atoms with Gasteiger partial charge in [-0.3, -0.25) is 4.98 Å². The predicted octanol–water partition coefficient (Wildman–Crippen LogP) is 2.10. The molecule has 14 heavy (non-hydrogen) atoms. The lowest BCUT2D eigenvalue weighted by atomic mass is 9.87. The molecule has 1 rings (SSSR count). The number of rotatable bonds is 2. The molecule has 1 aromatic rings. The molecule has 0 aliphatic carbocycles. The van der Waals surface area contributed by atoms with Crippen molar-refractivity contribution in [3.05, 3.63) is 24.0 Å². The Kier molecular flexibility index (Phi) is 3.11. The SMILES string of the molecule is CC(C)(C)C[C@H](N)c1ccc(N)cn1. The monoisotopic (exact) mass is 193 g/mol. The van der Waals surface area contributed by atoms with E-state index in [0.717, 1.165) is 12.1 Å². The topological polar surface area (TPSA) is 64.9 Å². The quantitative estimate of drug-likeness (QED) is 0.756. The fourth-order valence-corrected chi connectivity index (χ4v) is 1.40. The van der Waals surface area contributed by atoms with Crippen LogP contribution >= 0.6 is 0 Å². The van der Waals surface area contributed by atoms with E-state index < -0.39 is 0 Å². The van der Waals surface area contributed by atoms with Gasteiger partial charge in [0.1, 0.15) is 0 Å². The number of aromatic nitrogens is 1. The lowest BCUT2D eigenvalue weighted by molar-refractivity contribution is 0.340. The van der Waals surface area contributed by atoms with Gasteiger partial charge >= 0.3 is 0 Å². The van der Waals surface area contributed by atoms with Gasteiger partial charge in [0, 0.05) is 6.04 Å². The van der Waals surface area contributed by atoms with E-state index in [1.54, 1.807) is 6.20 Å². The minimum absolute atomic E-state index is 0.00407. The van der Waals surface area contributed by atoms with Crippen molar-refractivity contribution >= 4 is 5.69 Å². The summed E-state index contributed by atoms with van der Waals surface area (Å²) in [5.41, 5.74) is 13.4. The number of anilines is 1. The van der Waals surface area contributed by atoms with Crippen LogP contribution in [0.15, 0.2) is 18.3 Å². The Bertz CT molecular complexity index is 284. The highest BCUT2D eigenvalue weighted by Gasteiger charge is 2.17. The van der Waals surface area contributed by atoms with E-state index in [1.807, 2.05) is 12.1 Å². The van der Waals surface area contributed by atoms with Crippen LogP contribution in [0.5, 0.6) is 0 Å². The summed E-state index contributed by atoms with van der Waals surface area (Å²) in [6, 6.07) is 3.73. The zero-order chi connectivity index (χ0) is 10.8. The molecule has 0 fully saturated rings. The minimum Gasteiger partial charge on any atom is -0.397 e. The van der Waals surface area contributed by atoms with Crippen molar-refractivity contribution < 1.29 is 0 Å². The molecule has 4 N–H and O–H groups in total. The summed E-state index contributed by atoms with van der Waals surface area (Å²) in [7, 11) is 0. The number of nitrogen functional groups attached to an aromatic ring is 1. The van der Waals surface area contributed by atoms with Crippen LogP contribution in [0, 0.1) is 5.41 Å². The Morgan fingerprint density at radius 2 is 2.00 bits per heavy atom. The summed E-state index contributed by atoms with van der Waals surface area (Å²) in [5, 5.41) is 0. The van der Waals surface area contributed by atoms with Gasteiger partial charge in [0.2, 0.25) is 0 Å². The van der Waals surface area contributed by atoms with Gasteiger partial charge in [-0.15, -0.1) is 0 Å². The van der Waals surface area contributed by atoms with Crippen molar-refractivity contribution in [1.29, 1.82) is 0 Å². The highest BCUT2D eigenvalue weighted by atomic mass is 14.8. The first-order valence-electron chi connectivity index (χ1n) is 4.85. The third-order valence-electron chi connectivity index (χ3n) is 2.02. The van der Waals surface area contributed by atoms with E-state index in [2.05, 4.69) is 25.8 Å². The van der Waals surface area contributed by atoms with E-state index in [4.69, 9.17) is 11.5 Å². The van der Waals surface area contributed by atoms with Crippen molar-refractivity contribution in [2.75, 3.05) is 5.73 Å². The van der Waals surface area contributed by atoms with Crippen LogP contribution in [0.25, 0.3) is 0 Å². The number of nitrogens with two attached hydrogens (primary N) is 2. The van der Waals surface area contributed by atoms with Gasteiger partial charge in [-0.1, -0.05) is 20.8 Å². The average Bonchev–Trinajstić information content (AvgIpc) is 2.02. The normalized spacial score (nSPS) is 14.0. The molecule has 3 nitrogen and oxygen atoms in total. The molecular formula is C11H19N3. The highest BCUT2D eigenvalue weighted by Crippen LogP contribution is 2.26. The average molecular weight is 193 g/mol. The molecule has 0 aliphatic heterocycles. The maximum Gasteiger partial charge on any atom is 0.0572 e. The van der Waals surface area contributed by atoms with Crippen LogP contribution in [0.2, 0.25) is 0 Å². The second-order valence-electron chi connectivity index (χ2n) is 4.89. The Labute approximate surface area is 85.5 Å². The van der Waals surface area contributed by atoms with Crippen LogP contribution in [-0.4, -0.2) is 4.98 Å². The Morgan fingerprint density at radius 1 is 1.36 bits per heavy atom. The van der Waals surface area contributed by atoms with Gasteiger partial charge < -0.3 is 11.5 Å². The molecule has 0 unspecified atom stereocenters. The van der Waals surface area contributed by atoms with Gasteiger partial charge in [-0.25, -0.2) is 0 Å². The molecule has 1 atom stereocenters. The Balaban J connectivity index is 2.70. The largest absolute Gasteiger partial charge is 0.397 e. The summed E-state index contributed by atoms with van der Waals surface area (Å²) in [6.45, 7) is 6.51. The van der Waals surface area contributed by atoms with Crippen molar-refractivity contribution in [3.63, 3.8) is 0 Å². The predicted molar refractivity (Wildman–Crippen MR) is 59.6 cm³/mol. The molecule has 0 saturated heterocycles. The molecule has 0 amide bonds. The lowest BCUT2D eigenvalue weighted by Crippen LogP contribution is -2.19. The molecule has 0 bridgehead atoms. The molecule has 0 saturated carbocycles. The lowest BCUT2D eigenvalue weighted by Gasteiger charge is -2.22. The number of nitrogens with zero attached hydrogens (tertiary/aromatic N) is 1.